The van der Waals surface area contributed by atoms with Crippen LogP contribution in [-0.2, 0) is 4.79 Å². The number of hydrogen-bond donors (Lipinski definition) is 1. The van der Waals surface area contributed by atoms with E-state index in [2.05, 4.69) is 34.6 Å². The van der Waals surface area contributed by atoms with Gasteiger partial charge in [0.15, 0.2) is 11.0 Å². The highest BCUT2D eigenvalue weighted by molar-refractivity contribution is 8.00. The van der Waals surface area contributed by atoms with E-state index in [-0.39, 0.29) is 11.2 Å². The molecule has 5 nitrogen and oxygen atoms in total. The molecule has 3 aromatic carbocycles. The summed E-state index contributed by atoms with van der Waals surface area (Å²) >= 11 is 1.40. The summed E-state index contributed by atoms with van der Waals surface area (Å²) in [6.45, 7) is 7.99. The van der Waals surface area contributed by atoms with E-state index in [1.807, 2.05) is 86.0 Å². The first kappa shape index (κ1) is 21.8. The zero-order chi connectivity index (χ0) is 22.7. The summed E-state index contributed by atoms with van der Waals surface area (Å²) in [4.78, 5) is 13.0. The van der Waals surface area contributed by atoms with Crippen molar-refractivity contribution in [1.82, 2.24) is 14.8 Å². The van der Waals surface area contributed by atoms with Gasteiger partial charge in [-0.05, 0) is 51.0 Å². The predicted octanol–water partition coefficient (Wildman–Crippen LogP) is 5.98. The van der Waals surface area contributed by atoms with Crippen molar-refractivity contribution in [2.75, 3.05) is 5.32 Å². The summed E-state index contributed by atoms with van der Waals surface area (Å²) in [7, 11) is 0. The van der Waals surface area contributed by atoms with E-state index in [9.17, 15) is 4.79 Å². The topological polar surface area (TPSA) is 59.8 Å². The van der Waals surface area contributed by atoms with Crippen LogP contribution < -0.4 is 5.32 Å². The first-order chi connectivity index (χ1) is 15.4. The number of nitrogens with zero attached hydrogens (tertiary/aromatic N) is 3. The number of benzene rings is 3. The molecule has 1 heterocycles. The highest BCUT2D eigenvalue weighted by Crippen LogP contribution is 2.31. The number of aryl methyl sites for hydroxylation is 3. The lowest BCUT2D eigenvalue weighted by atomic mass is 10.1. The standard InChI is InChI=1S/C26H26N4OS/c1-17-15-18(2)23(19(3)16-17)27-25(31)20(4)32-26-29-28-24(21-11-7-5-8-12-21)30(26)22-13-9-6-10-14-22/h5-16,20H,1-4H3,(H,27,31). The number of rotatable bonds is 6. The average Bonchev–Trinajstić information content (AvgIpc) is 3.20. The van der Waals surface area contributed by atoms with Crippen LogP contribution in [0.5, 0.6) is 0 Å². The quantitative estimate of drug-likeness (QED) is 0.373. The van der Waals surface area contributed by atoms with Crippen molar-refractivity contribution < 1.29 is 4.79 Å². The van der Waals surface area contributed by atoms with Gasteiger partial charge in [-0.15, -0.1) is 10.2 Å². The molecule has 0 aliphatic carbocycles. The Balaban J connectivity index is 1.63. The minimum absolute atomic E-state index is 0.0612. The van der Waals surface area contributed by atoms with Crippen molar-refractivity contribution in [2.45, 2.75) is 38.1 Å². The third-order valence-corrected chi connectivity index (χ3v) is 6.30. The van der Waals surface area contributed by atoms with Crippen molar-refractivity contribution in [3.63, 3.8) is 0 Å². The van der Waals surface area contributed by atoms with Gasteiger partial charge >= 0.3 is 0 Å². The van der Waals surface area contributed by atoms with Crippen LogP contribution >= 0.6 is 11.8 Å². The number of hydrogen-bond acceptors (Lipinski definition) is 4. The zero-order valence-corrected chi connectivity index (χ0v) is 19.5. The molecule has 32 heavy (non-hydrogen) atoms. The SMILES string of the molecule is Cc1cc(C)c(NC(=O)C(C)Sc2nnc(-c3ccccc3)n2-c2ccccc2)c(C)c1. The van der Waals surface area contributed by atoms with Crippen LogP contribution in [0.4, 0.5) is 5.69 Å². The van der Waals surface area contributed by atoms with Gasteiger partial charge in [-0.2, -0.15) is 0 Å². The Morgan fingerprint density at radius 1 is 0.906 bits per heavy atom. The number of aromatic nitrogens is 3. The molecule has 0 saturated carbocycles. The molecule has 0 aliphatic rings. The molecule has 6 heteroatoms. The maximum absolute atomic E-state index is 13.0. The fraction of sp³-hybridized carbons (Fsp3) is 0.192. The first-order valence-electron chi connectivity index (χ1n) is 10.6. The molecule has 1 amide bonds. The zero-order valence-electron chi connectivity index (χ0n) is 18.7. The molecule has 0 aliphatic heterocycles. The van der Waals surface area contributed by atoms with Gasteiger partial charge in [0.1, 0.15) is 0 Å². The summed E-state index contributed by atoms with van der Waals surface area (Å²) in [6.07, 6.45) is 0. The van der Waals surface area contributed by atoms with E-state index in [4.69, 9.17) is 0 Å². The first-order valence-corrected chi connectivity index (χ1v) is 11.4. The van der Waals surface area contributed by atoms with Gasteiger partial charge in [-0.1, -0.05) is 78.0 Å². The van der Waals surface area contributed by atoms with Crippen LogP contribution in [0.1, 0.15) is 23.6 Å². The normalized spacial score (nSPS) is 11.9. The molecule has 0 bridgehead atoms. The van der Waals surface area contributed by atoms with Crippen molar-refractivity contribution in [3.8, 4) is 17.1 Å². The summed E-state index contributed by atoms with van der Waals surface area (Å²) in [5.41, 5.74) is 6.11. The molecule has 4 rings (SSSR count). The molecule has 162 valence electrons. The van der Waals surface area contributed by atoms with Crippen molar-refractivity contribution in [1.29, 1.82) is 0 Å². The molecule has 0 spiro atoms. The average molecular weight is 443 g/mol. The van der Waals surface area contributed by atoms with Gasteiger partial charge in [-0.25, -0.2) is 0 Å². The number of carbonyl (C=O) groups excluding carboxylic acids is 1. The molecular weight excluding hydrogens is 416 g/mol. The fourth-order valence-corrected chi connectivity index (χ4v) is 4.61. The second kappa shape index (κ2) is 9.40. The molecule has 1 unspecified atom stereocenters. The number of nitrogens with one attached hydrogen (secondary N) is 1. The Kier molecular flexibility index (Phi) is 6.42. The van der Waals surface area contributed by atoms with E-state index in [0.29, 0.717) is 5.16 Å². The molecular formula is C26H26N4OS. The molecule has 0 saturated heterocycles. The lowest BCUT2D eigenvalue weighted by Gasteiger charge is -2.16. The van der Waals surface area contributed by atoms with Crippen LogP contribution in [0.3, 0.4) is 0 Å². The maximum atomic E-state index is 13.0. The number of anilines is 1. The Labute approximate surface area is 192 Å². The minimum Gasteiger partial charge on any atom is -0.325 e. The second-order valence-electron chi connectivity index (χ2n) is 7.87. The number of carbonyl (C=O) groups is 1. The Bertz CT molecular complexity index is 1210. The molecule has 0 radical (unpaired) electrons. The Morgan fingerprint density at radius 3 is 2.12 bits per heavy atom. The summed E-state index contributed by atoms with van der Waals surface area (Å²) < 4.78 is 2.01. The molecule has 0 fully saturated rings. The lowest BCUT2D eigenvalue weighted by Crippen LogP contribution is -2.24. The Hall–Kier alpha value is -3.38. The molecule has 1 aromatic heterocycles. The monoisotopic (exact) mass is 442 g/mol. The van der Waals surface area contributed by atoms with E-state index in [0.717, 1.165) is 33.9 Å². The third-order valence-electron chi connectivity index (χ3n) is 5.26. The maximum Gasteiger partial charge on any atom is 0.237 e. The van der Waals surface area contributed by atoms with Crippen molar-refractivity contribution >= 4 is 23.4 Å². The van der Waals surface area contributed by atoms with Gasteiger partial charge in [0, 0.05) is 16.9 Å². The highest BCUT2D eigenvalue weighted by Gasteiger charge is 2.22. The van der Waals surface area contributed by atoms with Gasteiger partial charge in [-0.3, -0.25) is 9.36 Å². The summed E-state index contributed by atoms with van der Waals surface area (Å²) in [5.74, 6) is 0.686. The molecule has 1 N–H and O–H groups in total. The minimum atomic E-state index is -0.356. The van der Waals surface area contributed by atoms with E-state index in [1.54, 1.807) is 0 Å². The van der Waals surface area contributed by atoms with E-state index < -0.39 is 0 Å². The van der Waals surface area contributed by atoms with E-state index in [1.165, 1.54) is 17.3 Å². The van der Waals surface area contributed by atoms with Gasteiger partial charge in [0.2, 0.25) is 5.91 Å². The molecule has 4 aromatic rings. The van der Waals surface area contributed by atoms with Crippen LogP contribution in [0.15, 0.2) is 78.0 Å². The van der Waals surface area contributed by atoms with Crippen LogP contribution in [0.2, 0.25) is 0 Å². The predicted molar refractivity (Wildman–Crippen MR) is 131 cm³/mol. The number of para-hydroxylation sites is 1. The second-order valence-corrected chi connectivity index (χ2v) is 9.17. The van der Waals surface area contributed by atoms with Gasteiger partial charge < -0.3 is 5.32 Å². The van der Waals surface area contributed by atoms with Crippen LogP contribution in [0.25, 0.3) is 17.1 Å². The lowest BCUT2D eigenvalue weighted by molar-refractivity contribution is -0.115. The van der Waals surface area contributed by atoms with Gasteiger partial charge in [0.25, 0.3) is 0 Å². The third kappa shape index (κ3) is 4.60. The van der Waals surface area contributed by atoms with Crippen molar-refractivity contribution in [3.05, 3.63) is 89.5 Å². The van der Waals surface area contributed by atoms with Gasteiger partial charge in [0.05, 0.1) is 5.25 Å². The highest BCUT2D eigenvalue weighted by atomic mass is 32.2. The summed E-state index contributed by atoms with van der Waals surface area (Å²) in [5, 5.41) is 12.3. The smallest absolute Gasteiger partial charge is 0.237 e. The number of amides is 1. The fourth-order valence-electron chi connectivity index (χ4n) is 3.74. The van der Waals surface area contributed by atoms with E-state index >= 15 is 0 Å². The van der Waals surface area contributed by atoms with Crippen molar-refractivity contribution in [2.24, 2.45) is 0 Å². The van der Waals surface area contributed by atoms with Crippen LogP contribution in [-0.4, -0.2) is 25.9 Å². The van der Waals surface area contributed by atoms with Crippen LogP contribution in [0, 0.1) is 20.8 Å². The Morgan fingerprint density at radius 2 is 1.50 bits per heavy atom. The number of thioether (sulfide) groups is 1. The molecule has 1 atom stereocenters. The summed E-state index contributed by atoms with van der Waals surface area (Å²) in [6, 6.07) is 24.1. The largest absolute Gasteiger partial charge is 0.325 e.